The summed E-state index contributed by atoms with van der Waals surface area (Å²) >= 11 is 0. The molecule has 7 nitrogen and oxygen atoms in total. The van der Waals surface area contributed by atoms with E-state index in [2.05, 4.69) is 15.6 Å². The van der Waals surface area contributed by atoms with Crippen LogP contribution < -0.4 is 5.32 Å². The average molecular weight is 309 g/mol. The highest BCUT2D eigenvalue weighted by atomic mass is 16.6. The van der Waals surface area contributed by atoms with E-state index in [9.17, 15) is 4.79 Å². The minimum Gasteiger partial charge on any atom is -0.444 e. The molecule has 1 fully saturated rings. The molecule has 1 N–H and O–H groups in total. The molecule has 1 aliphatic rings. The van der Waals surface area contributed by atoms with Crippen molar-refractivity contribution in [1.29, 1.82) is 0 Å². The molecular formula is C15H27N5O2. The van der Waals surface area contributed by atoms with Crippen LogP contribution in [0.1, 0.15) is 33.6 Å². The lowest BCUT2D eigenvalue weighted by molar-refractivity contribution is 0.0184. The maximum atomic E-state index is 12.0. The monoisotopic (exact) mass is 309 g/mol. The summed E-state index contributed by atoms with van der Waals surface area (Å²) in [4.78, 5) is 13.8. The van der Waals surface area contributed by atoms with Gasteiger partial charge in [0.15, 0.2) is 0 Å². The molecule has 2 rings (SSSR count). The van der Waals surface area contributed by atoms with Crippen LogP contribution in [0.25, 0.3) is 0 Å². The Bertz CT molecular complexity index is 447. The number of aromatic nitrogens is 3. The normalized spacial score (nSPS) is 16.8. The summed E-state index contributed by atoms with van der Waals surface area (Å²) < 4.78 is 7.23. The van der Waals surface area contributed by atoms with Crippen molar-refractivity contribution in [3.8, 4) is 0 Å². The van der Waals surface area contributed by atoms with Crippen molar-refractivity contribution >= 4 is 6.09 Å². The van der Waals surface area contributed by atoms with Crippen molar-refractivity contribution in [2.75, 3.05) is 26.2 Å². The molecule has 0 spiro atoms. The summed E-state index contributed by atoms with van der Waals surface area (Å²) in [5.41, 5.74) is -0.420. The third kappa shape index (κ3) is 5.63. The summed E-state index contributed by atoms with van der Waals surface area (Å²) in [6.45, 7) is 9.96. The van der Waals surface area contributed by atoms with Crippen molar-refractivity contribution in [3.05, 3.63) is 12.4 Å². The second-order valence-electron chi connectivity index (χ2n) is 6.78. The van der Waals surface area contributed by atoms with Crippen molar-refractivity contribution in [2.45, 2.75) is 45.8 Å². The number of likely N-dealkylation sites (tertiary alicyclic amines) is 1. The molecule has 0 bridgehead atoms. The van der Waals surface area contributed by atoms with E-state index in [-0.39, 0.29) is 6.09 Å². The number of carbonyl (C=O) groups is 1. The zero-order chi connectivity index (χ0) is 16.0. The first-order valence-corrected chi connectivity index (χ1v) is 7.97. The first kappa shape index (κ1) is 16.7. The number of rotatable bonds is 5. The summed E-state index contributed by atoms with van der Waals surface area (Å²) in [6, 6.07) is 0. The predicted molar refractivity (Wildman–Crippen MR) is 83.4 cm³/mol. The lowest BCUT2D eigenvalue weighted by Crippen LogP contribution is -2.43. The first-order chi connectivity index (χ1) is 10.4. The third-order valence-corrected chi connectivity index (χ3v) is 3.69. The van der Waals surface area contributed by atoms with Gasteiger partial charge in [-0.05, 0) is 46.1 Å². The maximum Gasteiger partial charge on any atom is 0.410 e. The van der Waals surface area contributed by atoms with Crippen LogP contribution in [-0.2, 0) is 11.3 Å². The Labute approximate surface area is 132 Å². The van der Waals surface area contributed by atoms with Crippen LogP contribution in [0.4, 0.5) is 4.79 Å². The van der Waals surface area contributed by atoms with Gasteiger partial charge in [-0.25, -0.2) is 4.79 Å². The minimum atomic E-state index is -0.420. The average Bonchev–Trinajstić information content (AvgIpc) is 2.95. The molecule has 124 valence electrons. The Hall–Kier alpha value is -1.63. The zero-order valence-corrected chi connectivity index (χ0v) is 13.8. The van der Waals surface area contributed by atoms with E-state index in [0.717, 1.165) is 45.6 Å². The molecule has 1 amide bonds. The highest BCUT2D eigenvalue weighted by Gasteiger charge is 2.26. The van der Waals surface area contributed by atoms with E-state index in [1.54, 1.807) is 6.20 Å². The molecule has 1 aromatic heterocycles. The van der Waals surface area contributed by atoms with E-state index in [4.69, 9.17) is 4.74 Å². The summed E-state index contributed by atoms with van der Waals surface area (Å²) in [7, 11) is 0. The number of hydrogen-bond donors (Lipinski definition) is 1. The van der Waals surface area contributed by atoms with E-state index < -0.39 is 5.60 Å². The fourth-order valence-electron chi connectivity index (χ4n) is 2.50. The van der Waals surface area contributed by atoms with Gasteiger partial charge in [-0.2, -0.15) is 0 Å². The highest BCUT2D eigenvalue weighted by Crippen LogP contribution is 2.19. The minimum absolute atomic E-state index is 0.190. The number of nitrogens with one attached hydrogen (secondary N) is 1. The molecule has 0 unspecified atom stereocenters. The van der Waals surface area contributed by atoms with Crippen LogP contribution in [0, 0.1) is 5.92 Å². The summed E-state index contributed by atoms with van der Waals surface area (Å²) in [5, 5.41) is 11.2. The number of hydrogen-bond acceptors (Lipinski definition) is 5. The second-order valence-corrected chi connectivity index (χ2v) is 6.78. The van der Waals surface area contributed by atoms with Crippen LogP contribution >= 0.6 is 0 Å². The molecule has 1 saturated heterocycles. The number of amides is 1. The molecule has 0 atom stereocenters. The first-order valence-electron chi connectivity index (χ1n) is 7.97. The lowest BCUT2D eigenvalue weighted by atomic mass is 9.97. The topological polar surface area (TPSA) is 72.3 Å². The van der Waals surface area contributed by atoms with Crippen molar-refractivity contribution in [3.63, 3.8) is 0 Å². The molecule has 22 heavy (non-hydrogen) atoms. The van der Waals surface area contributed by atoms with Gasteiger partial charge in [-0.1, -0.05) is 5.21 Å². The molecule has 0 aromatic carbocycles. The Morgan fingerprint density at radius 2 is 2.09 bits per heavy atom. The van der Waals surface area contributed by atoms with E-state index in [1.165, 1.54) is 0 Å². The maximum absolute atomic E-state index is 12.0. The number of piperidine rings is 1. The van der Waals surface area contributed by atoms with Gasteiger partial charge in [0, 0.05) is 25.8 Å². The van der Waals surface area contributed by atoms with Gasteiger partial charge in [-0.3, -0.25) is 4.68 Å². The van der Waals surface area contributed by atoms with Gasteiger partial charge in [0.2, 0.25) is 0 Å². The van der Waals surface area contributed by atoms with Gasteiger partial charge >= 0.3 is 6.09 Å². The largest absolute Gasteiger partial charge is 0.444 e. The fraction of sp³-hybridized carbons (Fsp3) is 0.800. The number of nitrogens with zero attached hydrogens (tertiary/aromatic N) is 4. The van der Waals surface area contributed by atoms with Crippen LogP contribution in [0.3, 0.4) is 0 Å². The molecular weight excluding hydrogens is 282 g/mol. The molecule has 0 radical (unpaired) electrons. The Morgan fingerprint density at radius 1 is 1.36 bits per heavy atom. The molecule has 7 heteroatoms. The SMILES string of the molecule is CC(C)(C)OC(=O)N1CCC(CNCCn2ccnn2)CC1. The number of carbonyl (C=O) groups excluding carboxylic acids is 1. The van der Waals surface area contributed by atoms with E-state index in [1.807, 2.05) is 36.5 Å². The van der Waals surface area contributed by atoms with E-state index >= 15 is 0 Å². The second kappa shape index (κ2) is 7.58. The lowest BCUT2D eigenvalue weighted by Gasteiger charge is -2.33. The van der Waals surface area contributed by atoms with Gasteiger partial charge in [0.1, 0.15) is 5.60 Å². The molecule has 1 aromatic rings. The van der Waals surface area contributed by atoms with Crippen LogP contribution in [0.2, 0.25) is 0 Å². The zero-order valence-electron chi connectivity index (χ0n) is 13.8. The molecule has 2 heterocycles. The molecule has 1 aliphatic heterocycles. The summed E-state index contributed by atoms with van der Waals surface area (Å²) in [6.07, 6.45) is 5.41. The van der Waals surface area contributed by atoms with Gasteiger partial charge in [0.25, 0.3) is 0 Å². The van der Waals surface area contributed by atoms with Crippen molar-refractivity contribution in [2.24, 2.45) is 5.92 Å². The standard InChI is InChI=1S/C15H27N5O2/c1-15(2,3)22-14(21)19-8-4-13(5-9-19)12-16-6-10-20-11-7-17-18-20/h7,11,13,16H,4-6,8-10,12H2,1-3H3. The van der Waals surface area contributed by atoms with Crippen LogP contribution in [0.15, 0.2) is 12.4 Å². The third-order valence-electron chi connectivity index (χ3n) is 3.69. The quantitative estimate of drug-likeness (QED) is 0.835. The van der Waals surface area contributed by atoms with Crippen LogP contribution in [-0.4, -0.2) is 57.8 Å². The van der Waals surface area contributed by atoms with E-state index in [0.29, 0.717) is 5.92 Å². The Morgan fingerprint density at radius 3 is 2.68 bits per heavy atom. The Balaban J connectivity index is 1.59. The Kier molecular flexibility index (Phi) is 5.76. The molecule has 0 aliphatic carbocycles. The van der Waals surface area contributed by atoms with Crippen molar-refractivity contribution < 1.29 is 9.53 Å². The van der Waals surface area contributed by atoms with Gasteiger partial charge in [0.05, 0.1) is 12.7 Å². The fourth-order valence-corrected chi connectivity index (χ4v) is 2.50. The van der Waals surface area contributed by atoms with Gasteiger partial charge in [-0.15, -0.1) is 5.10 Å². The van der Waals surface area contributed by atoms with Crippen LogP contribution in [0.5, 0.6) is 0 Å². The highest BCUT2D eigenvalue weighted by molar-refractivity contribution is 5.68. The number of ether oxygens (including phenoxy) is 1. The van der Waals surface area contributed by atoms with Gasteiger partial charge < -0.3 is 15.0 Å². The van der Waals surface area contributed by atoms with Crippen molar-refractivity contribution in [1.82, 2.24) is 25.2 Å². The molecule has 0 saturated carbocycles. The summed E-state index contributed by atoms with van der Waals surface area (Å²) in [5.74, 6) is 0.620. The predicted octanol–water partition coefficient (Wildman–Crippen LogP) is 1.51. The smallest absolute Gasteiger partial charge is 0.410 e.